The maximum absolute atomic E-state index is 12.8. The van der Waals surface area contributed by atoms with Gasteiger partial charge in [0.25, 0.3) is 10.0 Å². The van der Waals surface area contributed by atoms with Crippen LogP contribution in [0.25, 0.3) is 0 Å². The van der Waals surface area contributed by atoms with Crippen molar-refractivity contribution in [2.45, 2.75) is 23.5 Å². The molecule has 0 bridgehead atoms. The Morgan fingerprint density at radius 1 is 1.04 bits per heavy atom. The quantitative estimate of drug-likeness (QED) is 0.739. The molecule has 0 unspecified atom stereocenters. The SMILES string of the molecule is O=S(=O)(c1cccs1)N1CC[C@@]2(CCCN(CCOc3ccccc3)C2)C1. The minimum atomic E-state index is -3.33. The number of para-hydroxylation sites is 1. The highest BCUT2D eigenvalue weighted by atomic mass is 32.2. The molecule has 2 aromatic rings. The van der Waals surface area contributed by atoms with Crippen LogP contribution in [-0.2, 0) is 10.0 Å². The predicted molar refractivity (Wildman–Crippen MR) is 108 cm³/mol. The Bertz CT molecular complexity index is 839. The van der Waals surface area contributed by atoms with Crippen LogP contribution >= 0.6 is 11.3 Å². The zero-order valence-corrected chi connectivity index (χ0v) is 17.1. The second-order valence-corrected chi connectivity index (χ2v) is 10.7. The van der Waals surface area contributed by atoms with E-state index in [0.29, 0.717) is 23.9 Å². The smallest absolute Gasteiger partial charge is 0.252 e. The molecule has 0 N–H and O–H groups in total. The average molecular weight is 407 g/mol. The number of ether oxygens (including phenoxy) is 1. The topological polar surface area (TPSA) is 49.9 Å². The molecule has 146 valence electrons. The molecular formula is C20H26N2O3S2. The van der Waals surface area contributed by atoms with Gasteiger partial charge >= 0.3 is 0 Å². The third-order valence-electron chi connectivity index (χ3n) is 5.65. The summed E-state index contributed by atoms with van der Waals surface area (Å²) in [5.74, 6) is 0.901. The average Bonchev–Trinajstić information content (AvgIpc) is 3.34. The van der Waals surface area contributed by atoms with E-state index in [-0.39, 0.29) is 5.41 Å². The standard InChI is InChI=1S/C20H26N2O3S2/c23-27(24,19-8-4-15-26-19)22-12-10-20(17-22)9-5-11-21(16-20)13-14-25-18-6-2-1-3-7-18/h1-4,6-8,15H,5,9-14,16-17H2/t20-/m1/s1. The van der Waals surface area contributed by atoms with E-state index in [9.17, 15) is 8.42 Å². The molecule has 5 nitrogen and oxygen atoms in total. The van der Waals surface area contributed by atoms with Crippen molar-refractivity contribution in [1.82, 2.24) is 9.21 Å². The van der Waals surface area contributed by atoms with Gasteiger partial charge in [-0.05, 0) is 54.8 Å². The summed E-state index contributed by atoms with van der Waals surface area (Å²) in [6.45, 7) is 4.85. The molecule has 27 heavy (non-hydrogen) atoms. The lowest BCUT2D eigenvalue weighted by atomic mass is 9.79. The minimum absolute atomic E-state index is 0.0926. The van der Waals surface area contributed by atoms with Crippen molar-refractivity contribution in [3.63, 3.8) is 0 Å². The molecule has 3 heterocycles. The molecule has 0 amide bonds. The van der Waals surface area contributed by atoms with Crippen LogP contribution < -0.4 is 4.74 Å². The maximum Gasteiger partial charge on any atom is 0.252 e. The van der Waals surface area contributed by atoms with Crippen LogP contribution in [0.2, 0.25) is 0 Å². The highest BCUT2D eigenvalue weighted by Crippen LogP contribution is 2.41. The number of piperidine rings is 1. The van der Waals surface area contributed by atoms with Gasteiger partial charge in [0.15, 0.2) is 0 Å². The molecule has 2 aliphatic rings. The largest absolute Gasteiger partial charge is 0.492 e. The normalized spacial score (nSPS) is 24.4. The lowest BCUT2D eigenvalue weighted by Crippen LogP contribution is -2.46. The molecule has 2 fully saturated rings. The van der Waals surface area contributed by atoms with Crippen LogP contribution in [0.1, 0.15) is 19.3 Å². The first-order valence-corrected chi connectivity index (χ1v) is 11.8. The maximum atomic E-state index is 12.8. The van der Waals surface area contributed by atoms with E-state index in [1.165, 1.54) is 11.3 Å². The molecule has 7 heteroatoms. The molecule has 1 atom stereocenters. The molecular weight excluding hydrogens is 380 g/mol. The Labute approximate surface area is 165 Å². The van der Waals surface area contributed by atoms with E-state index in [2.05, 4.69) is 4.90 Å². The number of sulfonamides is 1. The number of rotatable bonds is 6. The van der Waals surface area contributed by atoms with Crippen LogP contribution in [0.3, 0.4) is 0 Å². The Hall–Kier alpha value is -1.41. The van der Waals surface area contributed by atoms with Crippen molar-refractivity contribution >= 4 is 21.4 Å². The van der Waals surface area contributed by atoms with E-state index in [0.717, 1.165) is 44.6 Å². The summed E-state index contributed by atoms with van der Waals surface area (Å²) in [6.07, 6.45) is 3.19. The molecule has 0 saturated carbocycles. The van der Waals surface area contributed by atoms with Gasteiger partial charge in [-0.15, -0.1) is 11.3 Å². The molecule has 0 radical (unpaired) electrons. The van der Waals surface area contributed by atoms with Gasteiger partial charge in [0, 0.05) is 26.2 Å². The monoisotopic (exact) mass is 406 g/mol. The summed E-state index contributed by atoms with van der Waals surface area (Å²) in [6, 6.07) is 13.4. The van der Waals surface area contributed by atoms with Crippen molar-refractivity contribution in [3.8, 4) is 5.75 Å². The molecule has 1 spiro atoms. The van der Waals surface area contributed by atoms with Gasteiger partial charge in [-0.2, -0.15) is 4.31 Å². The number of likely N-dealkylation sites (tertiary alicyclic amines) is 1. The fourth-order valence-corrected chi connectivity index (χ4v) is 6.98. The fourth-order valence-electron chi connectivity index (χ4n) is 4.28. The second kappa shape index (κ2) is 7.91. The van der Waals surface area contributed by atoms with Gasteiger partial charge in [0.2, 0.25) is 0 Å². The van der Waals surface area contributed by atoms with Crippen LogP contribution in [-0.4, -0.2) is 57.0 Å². The Balaban J connectivity index is 1.34. The number of hydrogen-bond donors (Lipinski definition) is 0. The Morgan fingerprint density at radius 2 is 1.89 bits per heavy atom. The van der Waals surface area contributed by atoms with Gasteiger partial charge in [0.1, 0.15) is 16.6 Å². The van der Waals surface area contributed by atoms with E-state index in [1.54, 1.807) is 16.4 Å². The lowest BCUT2D eigenvalue weighted by molar-refractivity contribution is 0.0864. The first-order chi connectivity index (χ1) is 13.1. The van der Waals surface area contributed by atoms with Crippen LogP contribution in [0.15, 0.2) is 52.1 Å². The van der Waals surface area contributed by atoms with Crippen molar-refractivity contribution in [1.29, 1.82) is 0 Å². The lowest BCUT2D eigenvalue weighted by Gasteiger charge is -2.40. The van der Waals surface area contributed by atoms with E-state index < -0.39 is 10.0 Å². The summed E-state index contributed by atoms with van der Waals surface area (Å²) in [5.41, 5.74) is 0.0926. The summed E-state index contributed by atoms with van der Waals surface area (Å²) in [4.78, 5) is 2.44. The Kier molecular flexibility index (Phi) is 5.55. The predicted octanol–water partition coefficient (Wildman–Crippen LogP) is 3.30. The van der Waals surface area contributed by atoms with Crippen LogP contribution in [0.4, 0.5) is 0 Å². The molecule has 2 aliphatic heterocycles. The summed E-state index contributed by atoms with van der Waals surface area (Å²) in [5, 5.41) is 1.83. The van der Waals surface area contributed by atoms with Crippen LogP contribution in [0.5, 0.6) is 5.75 Å². The van der Waals surface area contributed by atoms with Gasteiger partial charge < -0.3 is 4.74 Å². The zero-order valence-electron chi connectivity index (χ0n) is 15.4. The van der Waals surface area contributed by atoms with E-state index >= 15 is 0 Å². The number of nitrogens with zero attached hydrogens (tertiary/aromatic N) is 2. The molecule has 4 rings (SSSR count). The number of thiophene rings is 1. The van der Waals surface area contributed by atoms with Crippen LogP contribution in [0, 0.1) is 5.41 Å². The van der Waals surface area contributed by atoms with Gasteiger partial charge in [-0.3, -0.25) is 4.90 Å². The third kappa shape index (κ3) is 4.21. The minimum Gasteiger partial charge on any atom is -0.492 e. The summed E-state index contributed by atoms with van der Waals surface area (Å²) >= 11 is 1.30. The van der Waals surface area contributed by atoms with Gasteiger partial charge in [-0.25, -0.2) is 8.42 Å². The summed E-state index contributed by atoms with van der Waals surface area (Å²) in [7, 11) is -3.33. The van der Waals surface area contributed by atoms with Gasteiger partial charge in [0.05, 0.1) is 0 Å². The zero-order chi connectivity index (χ0) is 18.7. The van der Waals surface area contributed by atoms with E-state index in [4.69, 9.17) is 4.74 Å². The molecule has 0 aliphatic carbocycles. The Morgan fingerprint density at radius 3 is 2.67 bits per heavy atom. The van der Waals surface area contributed by atoms with Crippen molar-refractivity contribution in [3.05, 3.63) is 47.8 Å². The van der Waals surface area contributed by atoms with E-state index in [1.807, 2.05) is 35.7 Å². The number of hydrogen-bond acceptors (Lipinski definition) is 5. The van der Waals surface area contributed by atoms with Crippen molar-refractivity contribution in [2.75, 3.05) is 39.3 Å². The second-order valence-electron chi connectivity index (χ2n) is 7.56. The van der Waals surface area contributed by atoms with Crippen molar-refractivity contribution < 1.29 is 13.2 Å². The third-order valence-corrected chi connectivity index (χ3v) is 8.87. The summed E-state index contributed by atoms with van der Waals surface area (Å²) < 4.78 is 33.7. The highest BCUT2D eigenvalue weighted by molar-refractivity contribution is 7.91. The first-order valence-electron chi connectivity index (χ1n) is 9.51. The molecule has 1 aromatic carbocycles. The first kappa shape index (κ1) is 18.9. The van der Waals surface area contributed by atoms with Gasteiger partial charge in [-0.1, -0.05) is 24.3 Å². The molecule has 2 saturated heterocycles. The highest BCUT2D eigenvalue weighted by Gasteiger charge is 2.45. The van der Waals surface area contributed by atoms with Crippen molar-refractivity contribution in [2.24, 2.45) is 5.41 Å². The fraction of sp³-hybridized carbons (Fsp3) is 0.500. The molecule has 1 aromatic heterocycles. The number of benzene rings is 1.